The number of alkyl halides is 3. The molecule has 11 nitrogen and oxygen atoms in total. The van der Waals surface area contributed by atoms with E-state index in [0.717, 1.165) is 75.7 Å². The predicted octanol–water partition coefficient (Wildman–Crippen LogP) is 2.39. The van der Waals surface area contributed by atoms with Crippen LogP contribution in [0.5, 0.6) is 0 Å². The van der Waals surface area contributed by atoms with Gasteiger partial charge in [0.15, 0.2) is 0 Å². The van der Waals surface area contributed by atoms with Crippen LogP contribution in [0, 0.1) is 6.92 Å². The largest absolute Gasteiger partial charge is 0.416 e. The second-order valence-electron chi connectivity index (χ2n) is 13.2. The van der Waals surface area contributed by atoms with Gasteiger partial charge in [0.05, 0.1) is 24.5 Å². The van der Waals surface area contributed by atoms with Gasteiger partial charge < -0.3 is 15.0 Å². The van der Waals surface area contributed by atoms with Crippen LogP contribution in [0.2, 0.25) is 0 Å². The van der Waals surface area contributed by atoms with Crippen molar-refractivity contribution < 1.29 is 35.9 Å². The standard InChI is InChI=1S/C34H43F3N6O5S/c1-25-23-28(31(44)42-16-14-40(15-17-42)12-13-41-18-20-48-21-19-41)6-5-26(25)7-22-49(46,47)43-10-8-33(9-11-43)32(45)38-30(39-33)27-3-2-4-29(24-27)34(35,36)37/h2-6,23-24H,7-22H2,1H3,(H,38,39,45). The third-order valence-electron chi connectivity index (χ3n) is 10.1. The molecule has 0 unspecified atom stereocenters. The van der Waals surface area contributed by atoms with Gasteiger partial charge in [-0.15, -0.1) is 0 Å². The highest BCUT2D eigenvalue weighted by atomic mass is 32.2. The number of aliphatic imine (C=N–C) groups is 1. The lowest BCUT2D eigenvalue weighted by Crippen LogP contribution is -2.51. The number of nitrogens with one attached hydrogen (secondary N) is 1. The van der Waals surface area contributed by atoms with Crippen molar-refractivity contribution in [2.24, 2.45) is 4.99 Å². The summed E-state index contributed by atoms with van der Waals surface area (Å²) in [5.74, 6) is -0.530. The molecule has 15 heteroatoms. The van der Waals surface area contributed by atoms with Gasteiger partial charge in [0.25, 0.3) is 11.8 Å². The van der Waals surface area contributed by atoms with Crippen molar-refractivity contribution in [3.05, 3.63) is 70.3 Å². The van der Waals surface area contributed by atoms with Crippen LogP contribution < -0.4 is 5.32 Å². The van der Waals surface area contributed by atoms with E-state index in [0.29, 0.717) is 18.7 Å². The van der Waals surface area contributed by atoms with Gasteiger partial charge in [-0.2, -0.15) is 13.2 Å². The summed E-state index contributed by atoms with van der Waals surface area (Å²) in [7, 11) is -3.67. The number of carbonyl (C=O) groups excluding carboxylic acids is 2. The Bertz CT molecular complexity index is 1680. The van der Waals surface area contributed by atoms with E-state index in [1.807, 2.05) is 24.0 Å². The first kappa shape index (κ1) is 35.5. The van der Waals surface area contributed by atoms with Gasteiger partial charge in [0.1, 0.15) is 11.4 Å². The maximum absolute atomic E-state index is 13.3. The van der Waals surface area contributed by atoms with Crippen LogP contribution in [-0.4, -0.2) is 135 Å². The Morgan fingerprint density at radius 3 is 2.27 bits per heavy atom. The Kier molecular flexibility index (Phi) is 10.5. The summed E-state index contributed by atoms with van der Waals surface area (Å²) in [5.41, 5.74) is 0.367. The van der Waals surface area contributed by atoms with Crippen molar-refractivity contribution in [2.45, 2.75) is 37.9 Å². The van der Waals surface area contributed by atoms with Crippen LogP contribution in [-0.2, 0) is 32.2 Å². The van der Waals surface area contributed by atoms with Crippen LogP contribution in [0.25, 0.3) is 0 Å². The molecule has 4 heterocycles. The fourth-order valence-corrected chi connectivity index (χ4v) is 8.39. The molecule has 0 aliphatic carbocycles. The molecule has 3 fully saturated rings. The van der Waals surface area contributed by atoms with Crippen LogP contribution >= 0.6 is 0 Å². The molecular weight excluding hydrogens is 661 g/mol. The smallest absolute Gasteiger partial charge is 0.379 e. The Hall–Kier alpha value is -3.37. The average Bonchev–Trinajstić information content (AvgIpc) is 3.41. The fraction of sp³-hybridized carbons (Fsp3) is 0.559. The molecule has 49 heavy (non-hydrogen) atoms. The Morgan fingerprint density at radius 2 is 1.61 bits per heavy atom. The van der Waals surface area contributed by atoms with Gasteiger partial charge in [-0.25, -0.2) is 12.7 Å². The third kappa shape index (κ3) is 8.17. The molecule has 3 saturated heterocycles. The number of rotatable bonds is 9. The molecule has 0 radical (unpaired) electrons. The van der Waals surface area contributed by atoms with Crippen molar-refractivity contribution in [2.75, 3.05) is 84.4 Å². The predicted molar refractivity (Wildman–Crippen MR) is 178 cm³/mol. The molecule has 1 spiro atoms. The zero-order valence-electron chi connectivity index (χ0n) is 27.7. The first-order valence-electron chi connectivity index (χ1n) is 16.8. The SMILES string of the molecule is Cc1cc(C(=O)N2CCN(CCN3CCOCC3)CC2)ccc1CCS(=O)(=O)N1CCC2(CC1)N=C(c1cccc(C(F)(F)F)c1)NC2=O. The maximum Gasteiger partial charge on any atom is 0.416 e. The summed E-state index contributed by atoms with van der Waals surface area (Å²) in [6, 6.07) is 10.0. The van der Waals surface area contributed by atoms with Crippen molar-refractivity contribution in [3.63, 3.8) is 0 Å². The summed E-state index contributed by atoms with van der Waals surface area (Å²) >= 11 is 0. The van der Waals surface area contributed by atoms with Gasteiger partial charge in [-0.3, -0.25) is 24.4 Å². The topological polar surface area (TPSA) is 115 Å². The summed E-state index contributed by atoms with van der Waals surface area (Å²) in [6.07, 6.45) is -4.02. The van der Waals surface area contributed by atoms with E-state index in [2.05, 4.69) is 20.1 Å². The molecular formula is C34H43F3N6O5S. The Labute approximate surface area is 285 Å². The molecule has 2 aromatic carbocycles. The van der Waals surface area contributed by atoms with Gasteiger partial charge >= 0.3 is 6.18 Å². The molecule has 4 aliphatic rings. The maximum atomic E-state index is 13.3. The third-order valence-corrected chi connectivity index (χ3v) is 12.0. The van der Waals surface area contributed by atoms with Gasteiger partial charge in [0, 0.05) is 76.6 Å². The van der Waals surface area contributed by atoms with E-state index in [1.165, 1.54) is 16.4 Å². The van der Waals surface area contributed by atoms with Crippen molar-refractivity contribution in [1.29, 1.82) is 0 Å². The van der Waals surface area contributed by atoms with E-state index in [9.17, 15) is 31.2 Å². The minimum atomic E-state index is -4.53. The molecule has 1 N–H and O–H groups in total. The van der Waals surface area contributed by atoms with E-state index in [1.54, 1.807) is 6.07 Å². The minimum absolute atomic E-state index is 0.0211. The lowest BCUT2D eigenvalue weighted by atomic mass is 9.89. The minimum Gasteiger partial charge on any atom is -0.379 e. The lowest BCUT2D eigenvalue weighted by Gasteiger charge is -2.36. The van der Waals surface area contributed by atoms with Crippen molar-refractivity contribution in [1.82, 2.24) is 24.3 Å². The number of carbonyl (C=O) groups is 2. The van der Waals surface area contributed by atoms with E-state index >= 15 is 0 Å². The number of piperazine rings is 1. The van der Waals surface area contributed by atoms with Crippen LogP contribution in [0.4, 0.5) is 13.2 Å². The number of sulfonamides is 1. The Balaban J connectivity index is 0.992. The number of amidine groups is 1. The highest BCUT2D eigenvalue weighted by molar-refractivity contribution is 7.89. The molecule has 266 valence electrons. The monoisotopic (exact) mass is 704 g/mol. The molecule has 6 rings (SSSR count). The fourth-order valence-electron chi connectivity index (χ4n) is 6.91. The second kappa shape index (κ2) is 14.5. The molecule has 0 saturated carbocycles. The number of halogens is 3. The van der Waals surface area contributed by atoms with Gasteiger partial charge in [-0.1, -0.05) is 18.2 Å². The number of amides is 2. The summed E-state index contributed by atoms with van der Waals surface area (Å²) in [6.45, 7) is 10.5. The van der Waals surface area contributed by atoms with E-state index < -0.39 is 33.2 Å². The number of hydrogen-bond donors (Lipinski definition) is 1. The molecule has 0 bridgehead atoms. The highest BCUT2D eigenvalue weighted by Gasteiger charge is 2.47. The van der Waals surface area contributed by atoms with Crippen molar-refractivity contribution in [3.8, 4) is 0 Å². The number of aryl methyl sites for hydroxylation is 2. The van der Waals surface area contributed by atoms with Crippen LogP contribution in [0.1, 0.15) is 45.5 Å². The summed E-state index contributed by atoms with van der Waals surface area (Å²) < 4.78 is 73.1. The van der Waals surface area contributed by atoms with Crippen LogP contribution in [0.3, 0.4) is 0 Å². The van der Waals surface area contributed by atoms with E-state index in [4.69, 9.17) is 4.74 Å². The lowest BCUT2D eigenvalue weighted by molar-refractivity contribution is -0.137. The quantitative estimate of drug-likeness (QED) is 0.427. The zero-order valence-corrected chi connectivity index (χ0v) is 28.5. The highest BCUT2D eigenvalue weighted by Crippen LogP contribution is 2.34. The number of morpholine rings is 1. The average molecular weight is 705 g/mol. The summed E-state index contributed by atoms with van der Waals surface area (Å²) in [5, 5.41) is 2.61. The number of ether oxygens (including phenoxy) is 1. The first-order chi connectivity index (χ1) is 23.3. The van der Waals surface area contributed by atoms with Crippen LogP contribution in [0.15, 0.2) is 47.5 Å². The molecule has 2 aromatic rings. The van der Waals surface area contributed by atoms with Gasteiger partial charge in [-0.05, 0) is 61.6 Å². The number of piperidine rings is 1. The molecule has 4 aliphatic heterocycles. The number of nitrogens with zero attached hydrogens (tertiary/aromatic N) is 5. The van der Waals surface area contributed by atoms with Gasteiger partial charge in [0.2, 0.25) is 10.0 Å². The van der Waals surface area contributed by atoms with E-state index in [-0.39, 0.29) is 55.4 Å². The Morgan fingerprint density at radius 1 is 0.939 bits per heavy atom. The second-order valence-corrected chi connectivity index (χ2v) is 15.3. The zero-order chi connectivity index (χ0) is 34.8. The van der Waals surface area contributed by atoms with Crippen molar-refractivity contribution >= 4 is 27.7 Å². The molecule has 2 amide bonds. The summed E-state index contributed by atoms with van der Waals surface area (Å²) in [4.78, 5) is 37.4. The molecule has 0 atom stereocenters. The normalized spacial score (nSPS) is 21.2. The molecule has 0 aromatic heterocycles. The number of benzene rings is 2. The number of hydrogen-bond acceptors (Lipinski definition) is 8. The first-order valence-corrected chi connectivity index (χ1v) is 18.4.